The van der Waals surface area contributed by atoms with Gasteiger partial charge in [-0.15, -0.1) is 0 Å². The van der Waals surface area contributed by atoms with Crippen LogP contribution in [-0.4, -0.2) is 17.9 Å². The van der Waals surface area contributed by atoms with Crippen molar-refractivity contribution in [3.63, 3.8) is 0 Å². The first-order chi connectivity index (χ1) is 21.3. The van der Waals surface area contributed by atoms with E-state index in [1.807, 2.05) is 42.5 Å². The molecule has 1 aliphatic carbocycles. The SMILES string of the molecule is CC(C)(C)c1ccc(CNC(=O)[C@H](CCCCCC2CC2c2ccccc2)NC(=O)c2ccc(-c3ccccc3)cc2)cc1. The molecule has 0 aromatic heterocycles. The monoisotopic (exact) mass is 586 g/mol. The molecule has 2 amide bonds. The fourth-order valence-electron chi connectivity index (χ4n) is 6.00. The molecule has 0 aliphatic heterocycles. The van der Waals surface area contributed by atoms with Gasteiger partial charge in [0, 0.05) is 12.1 Å². The molecule has 4 heteroatoms. The molecule has 0 radical (unpaired) electrons. The molecule has 0 spiro atoms. The van der Waals surface area contributed by atoms with E-state index in [1.165, 1.54) is 24.0 Å². The summed E-state index contributed by atoms with van der Waals surface area (Å²) in [5, 5.41) is 6.13. The molecule has 5 rings (SSSR count). The highest BCUT2D eigenvalue weighted by atomic mass is 16.2. The molecule has 2 N–H and O–H groups in total. The summed E-state index contributed by atoms with van der Waals surface area (Å²) >= 11 is 0. The van der Waals surface area contributed by atoms with Crippen LogP contribution in [0.1, 0.15) is 92.3 Å². The molecule has 4 aromatic rings. The van der Waals surface area contributed by atoms with Gasteiger partial charge in [-0.05, 0) is 76.5 Å². The summed E-state index contributed by atoms with van der Waals surface area (Å²) in [4.78, 5) is 26.7. The predicted molar refractivity (Wildman–Crippen MR) is 180 cm³/mol. The van der Waals surface area contributed by atoms with Crippen molar-refractivity contribution in [2.45, 2.75) is 83.2 Å². The number of unbranched alkanes of at least 4 members (excludes halogenated alkanes) is 2. The molecule has 3 atom stereocenters. The van der Waals surface area contributed by atoms with E-state index in [0.29, 0.717) is 24.4 Å². The van der Waals surface area contributed by atoms with E-state index in [2.05, 4.69) is 98.1 Å². The normalized spacial score (nSPS) is 16.6. The van der Waals surface area contributed by atoms with Crippen molar-refractivity contribution in [1.29, 1.82) is 0 Å². The number of hydrogen-bond acceptors (Lipinski definition) is 2. The van der Waals surface area contributed by atoms with E-state index in [0.717, 1.165) is 41.9 Å². The first-order valence-electron chi connectivity index (χ1n) is 16.2. The van der Waals surface area contributed by atoms with Gasteiger partial charge in [0.25, 0.3) is 5.91 Å². The second-order valence-electron chi connectivity index (χ2n) is 13.3. The van der Waals surface area contributed by atoms with Gasteiger partial charge in [0.05, 0.1) is 0 Å². The van der Waals surface area contributed by atoms with Crippen molar-refractivity contribution in [3.8, 4) is 11.1 Å². The van der Waals surface area contributed by atoms with Crippen LogP contribution >= 0.6 is 0 Å². The van der Waals surface area contributed by atoms with Gasteiger partial charge >= 0.3 is 0 Å². The second kappa shape index (κ2) is 14.5. The average molecular weight is 587 g/mol. The van der Waals surface area contributed by atoms with Crippen LogP contribution in [0.3, 0.4) is 0 Å². The van der Waals surface area contributed by atoms with Gasteiger partial charge in [-0.2, -0.15) is 0 Å². The maximum Gasteiger partial charge on any atom is 0.251 e. The van der Waals surface area contributed by atoms with Crippen LogP contribution in [0.2, 0.25) is 0 Å². The Morgan fingerprint density at radius 3 is 2.05 bits per heavy atom. The summed E-state index contributed by atoms with van der Waals surface area (Å²) in [5.41, 5.74) is 6.57. The largest absolute Gasteiger partial charge is 0.350 e. The van der Waals surface area contributed by atoms with Gasteiger partial charge in [-0.25, -0.2) is 0 Å². The van der Waals surface area contributed by atoms with Crippen molar-refractivity contribution in [3.05, 3.63) is 131 Å². The smallest absolute Gasteiger partial charge is 0.251 e. The summed E-state index contributed by atoms with van der Waals surface area (Å²) in [7, 11) is 0. The lowest BCUT2D eigenvalue weighted by Crippen LogP contribution is -2.46. The Kier molecular flexibility index (Phi) is 10.3. The molecular formula is C40H46N2O2. The maximum atomic E-state index is 13.4. The highest BCUT2D eigenvalue weighted by Gasteiger charge is 2.37. The van der Waals surface area contributed by atoms with E-state index in [4.69, 9.17) is 0 Å². The molecule has 1 saturated carbocycles. The quantitative estimate of drug-likeness (QED) is 0.154. The van der Waals surface area contributed by atoms with Gasteiger partial charge in [0.15, 0.2) is 0 Å². The number of amides is 2. The third-order valence-corrected chi connectivity index (χ3v) is 8.88. The predicted octanol–water partition coefficient (Wildman–Crippen LogP) is 8.82. The van der Waals surface area contributed by atoms with Gasteiger partial charge < -0.3 is 10.6 Å². The Hall–Kier alpha value is -4.18. The highest BCUT2D eigenvalue weighted by Crippen LogP contribution is 2.50. The first kappa shape index (κ1) is 31.3. The molecule has 1 aliphatic rings. The van der Waals surface area contributed by atoms with Crippen LogP contribution in [0.4, 0.5) is 0 Å². The lowest BCUT2D eigenvalue weighted by Gasteiger charge is -2.20. The topological polar surface area (TPSA) is 58.2 Å². The Balaban J connectivity index is 1.16. The molecule has 0 saturated heterocycles. The Morgan fingerprint density at radius 2 is 1.39 bits per heavy atom. The zero-order valence-corrected chi connectivity index (χ0v) is 26.4. The van der Waals surface area contributed by atoms with Crippen LogP contribution in [0, 0.1) is 5.92 Å². The zero-order chi connectivity index (χ0) is 30.9. The van der Waals surface area contributed by atoms with E-state index in [1.54, 1.807) is 0 Å². The third-order valence-electron chi connectivity index (χ3n) is 8.88. The number of carbonyl (C=O) groups excluding carboxylic acids is 2. The van der Waals surface area contributed by atoms with Crippen LogP contribution in [0.25, 0.3) is 11.1 Å². The van der Waals surface area contributed by atoms with Gasteiger partial charge in [0.1, 0.15) is 6.04 Å². The number of benzene rings is 4. The zero-order valence-electron chi connectivity index (χ0n) is 26.4. The van der Waals surface area contributed by atoms with Crippen LogP contribution in [-0.2, 0) is 16.8 Å². The third kappa shape index (κ3) is 8.69. The minimum Gasteiger partial charge on any atom is -0.350 e. The number of hydrogen-bond donors (Lipinski definition) is 2. The van der Waals surface area contributed by atoms with Gasteiger partial charge in [-0.3, -0.25) is 9.59 Å². The van der Waals surface area contributed by atoms with Crippen LogP contribution < -0.4 is 10.6 Å². The summed E-state index contributed by atoms with van der Waals surface area (Å²) in [6.45, 7) is 7.01. The van der Waals surface area contributed by atoms with Crippen molar-refractivity contribution in [2.75, 3.05) is 0 Å². The summed E-state index contributed by atoms with van der Waals surface area (Å²) in [5.74, 6) is 1.13. The number of nitrogens with one attached hydrogen (secondary N) is 2. The Morgan fingerprint density at radius 1 is 0.750 bits per heavy atom. The van der Waals surface area contributed by atoms with Crippen molar-refractivity contribution in [1.82, 2.24) is 10.6 Å². The second-order valence-corrected chi connectivity index (χ2v) is 13.3. The van der Waals surface area contributed by atoms with E-state index >= 15 is 0 Å². The number of carbonyl (C=O) groups is 2. The van der Waals surface area contributed by atoms with Crippen LogP contribution in [0.5, 0.6) is 0 Å². The van der Waals surface area contributed by atoms with E-state index in [-0.39, 0.29) is 17.2 Å². The lowest BCUT2D eigenvalue weighted by molar-refractivity contribution is -0.123. The molecule has 4 aromatic carbocycles. The molecule has 1 fully saturated rings. The van der Waals surface area contributed by atoms with Crippen molar-refractivity contribution in [2.24, 2.45) is 5.92 Å². The van der Waals surface area contributed by atoms with Gasteiger partial charge in [0.2, 0.25) is 5.91 Å². The molecule has 44 heavy (non-hydrogen) atoms. The molecular weight excluding hydrogens is 540 g/mol. The van der Waals surface area contributed by atoms with E-state index in [9.17, 15) is 9.59 Å². The maximum absolute atomic E-state index is 13.4. The van der Waals surface area contributed by atoms with E-state index < -0.39 is 6.04 Å². The Bertz CT molecular complexity index is 1490. The molecule has 2 unspecified atom stereocenters. The van der Waals surface area contributed by atoms with Gasteiger partial charge in [-0.1, -0.05) is 137 Å². The van der Waals surface area contributed by atoms with Crippen molar-refractivity contribution < 1.29 is 9.59 Å². The summed E-state index contributed by atoms with van der Waals surface area (Å²) < 4.78 is 0. The summed E-state index contributed by atoms with van der Waals surface area (Å²) in [6.07, 6.45) is 6.23. The minimum absolute atomic E-state index is 0.0818. The number of rotatable bonds is 13. The fraction of sp³-hybridized carbons (Fsp3) is 0.350. The minimum atomic E-state index is -0.580. The molecule has 0 bridgehead atoms. The average Bonchev–Trinajstić information content (AvgIpc) is 3.83. The Labute approximate surface area is 263 Å². The fourth-order valence-corrected chi connectivity index (χ4v) is 6.00. The standard InChI is InChI=1S/C40H46N2O2/c1-40(2,3)35-25-19-29(20-26-35)28-41-39(44)37(18-12-6-11-17-34-27-36(34)32-15-9-5-10-16-32)42-38(43)33-23-21-31(22-24-33)30-13-7-4-8-14-30/h4-5,7-10,13-16,19-26,34,36-37H,6,11-12,17-18,27-28H2,1-3H3,(H,41,44)(H,42,43)/t34?,36?,37-/m0/s1. The molecule has 228 valence electrons. The summed E-state index contributed by atoms with van der Waals surface area (Å²) in [6, 6.07) is 36.3. The first-order valence-corrected chi connectivity index (χ1v) is 16.2. The highest BCUT2D eigenvalue weighted by molar-refractivity contribution is 5.97. The lowest BCUT2D eigenvalue weighted by atomic mass is 9.87. The molecule has 4 nitrogen and oxygen atoms in total. The van der Waals surface area contributed by atoms with Crippen molar-refractivity contribution >= 4 is 11.8 Å². The molecule has 0 heterocycles. The van der Waals surface area contributed by atoms with Crippen LogP contribution in [0.15, 0.2) is 109 Å².